The van der Waals surface area contributed by atoms with Gasteiger partial charge in [-0.25, -0.2) is 0 Å². The van der Waals surface area contributed by atoms with E-state index >= 15 is 0 Å². The maximum absolute atomic E-state index is 5.95. The second-order valence-corrected chi connectivity index (χ2v) is 6.45. The Morgan fingerprint density at radius 2 is 2.16 bits per heavy atom. The molecule has 2 rings (SSSR count). The van der Waals surface area contributed by atoms with Crippen molar-refractivity contribution in [3.05, 3.63) is 28.2 Å². The van der Waals surface area contributed by atoms with Crippen LogP contribution < -0.4 is 10.6 Å². The van der Waals surface area contributed by atoms with E-state index in [1.807, 2.05) is 0 Å². The highest BCUT2D eigenvalue weighted by Crippen LogP contribution is 2.29. The molecule has 1 aliphatic rings. The van der Waals surface area contributed by atoms with Crippen LogP contribution in [0.15, 0.2) is 22.7 Å². The monoisotopic (exact) mass is 325 g/mol. The molecule has 0 bridgehead atoms. The van der Waals surface area contributed by atoms with Gasteiger partial charge in [-0.05, 0) is 60.9 Å². The number of aryl methyl sites for hydroxylation is 1. The molecule has 0 saturated carbocycles. The van der Waals surface area contributed by atoms with Crippen LogP contribution in [0.4, 0.5) is 5.69 Å². The highest BCUT2D eigenvalue weighted by atomic mass is 79.9. The van der Waals surface area contributed by atoms with E-state index in [9.17, 15) is 0 Å². The molecule has 1 aromatic rings. The normalized spacial score (nSPS) is 25.4. The summed E-state index contributed by atoms with van der Waals surface area (Å²) in [5.74, 6) is 0. The summed E-state index contributed by atoms with van der Waals surface area (Å²) >= 11 is 3.69. The van der Waals surface area contributed by atoms with Gasteiger partial charge in [-0.15, -0.1) is 0 Å². The SMILES string of the molecule is Cc1ccc(N2CCC(C)N(C)C(CN)C2)c(Br)c1. The minimum Gasteiger partial charge on any atom is -0.369 e. The van der Waals surface area contributed by atoms with Gasteiger partial charge in [0.15, 0.2) is 0 Å². The topological polar surface area (TPSA) is 32.5 Å². The van der Waals surface area contributed by atoms with Crippen molar-refractivity contribution in [1.29, 1.82) is 0 Å². The summed E-state index contributed by atoms with van der Waals surface area (Å²) in [6.45, 7) is 7.20. The molecule has 0 aliphatic carbocycles. The lowest BCUT2D eigenvalue weighted by Gasteiger charge is -2.31. The second kappa shape index (κ2) is 6.25. The van der Waals surface area contributed by atoms with Crippen molar-refractivity contribution in [3.63, 3.8) is 0 Å². The molecule has 0 aromatic heterocycles. The lowest BCUT2D eigenvalue weighted by Crippen LogP contribution is -2.46. The lowest BCUT2D eigenvalue weighted by atomic mass is 10.2. The number of likely N-dealkylation sites (N-methyl/N-ethyl adjacent to an activating group) is 1. The number of benzene rings is 1. The van der Waals surface area contributed by atoms with Crippen LogP contribution in [0, 0.1) is 6.92 Å². The zero-order chi connectivity index (χ0) is 14.0. The van der Waals surface area contributed by atoms with Gasteiger partial charge in [0.1, 0.15) is 0 Å². The third-order valence-electron chi connectivity index (χ3n) is 4.24. The molecule has 0 spiro atoms. The zero-order valence-electron chi connectivity index (χ0n) is 12.1. The molecule has 2 atom stereocenters. The van der Waals surface area contributed by atoms with Crippen molar-refractivity contribution in [1.82, 2.24) is 4.90 Å². The summed E-state index contributed by atoms with van der Waals surface area (Å²) < 4.78 is 1.18. The highest BCUT2D eigenvalue weighted by molar-refractivity contribution is 9.10. The van der Waals surface area contributed by atoms with Crippen molar-refractivity contribution in [2.75, 3.05) is 31.6 Å². The van der Waals surface area contributed by atoms with E-state index in [1.165, 1.54) is 22.1 Å². The number of hydrogen-bond acceptors (Lipinski definition) is 3. The molecular weight excluding hydrogens is 302 g/mol. The van der Waals surface area contributed by atoms with Crippen LogP contribution in [-0.4, -0.2) is 43.7 Å². The van der Waals surface area contributed by atoms with Gasteiger partial charge in [0.25, 0.3) is 0 Å². The first-order valence-electron chi connectivity index (χ1n) is 6.96. The van der Waals surface area contributed by atoms with E-state index in [4.69, 9.17) is 5.73 Å². The number of nitrogens with two attached hydrogens (primary N) is 1. The Balaban J connectivity index is 2.24. The fourth-order valence-corrected chi connectivity index (χ4v) is 3.45. The first kappa shape index (κ1) is 14.8. The van der Waals surface area contributed by atoms with Crippen LogP contribution in [0.1, 0.15) is 18.9 Å². The van der Waals surface area contributed by atoms with Crippen molar-refractivity contribution in [3.8, 4) is 0 Å². The number of halogens is 1. The van der Waals surface area contributed by atoms with Gasteiger partial charge in [-0.1, -0.05) is 6.07 Å². The van der Waals surface area contributed by atoms with Gasteiger partial charge in [0, 0.05) is 36.2 Å². The summed E-state index contributed by atoms with van der Waals surface area (Å²) in [5.41, 5.74) is 8.52. The molecule has 2 N–H and O–H groups in total. The first-order chi connectivity index (χ1) is 9.02. The molecule has 0 radical (unpaired) electrons. The summed E-state index contributed by atoms with van der Waals surface area (Å²) in [4.78, 5) is 4.88. The third-order valence-corrected chi connectivity index (χ3v) is 4.87. The van der Waals surface area contributed by atoms with Crippen molar-refractivity contribution in [2.45, 2.75) is 32.4 Å². The number of hydrogen-bond donors (Lipinski definition) is 1. The molecule has 1 aromatic carbocycles. The van der Waals surface area contributed by atoms with E-state index in [0.717, 1.165) is 13.1 Å². The molecule has 1 heterocycles. The maximum atomic E-state index is 5.95. The van der Waals surface area contributed by atoms with Gasteiger partial charge < -0.3 is 10.6 Å². The van der Waals surface area contributed by atoms with Gasteiger partial charge >= 0.3 is 0 Å². The average Bonchev–Trinajstić information content (AvgIpc) is 2.51. The molecule has 106 valence electrons. The Hall–Kier alpha value is -0.580. The van der Waals surface area contributed by atoms with Crippen LogP contribution in [0.2, 0.25) is 0 Å². The minimum atomic E-state index is 0.422. The molecule has 1 saturated heterocycles. The van der Waals surface area contributed by atoms with Crippen LogP contribution in [0.25, 0.3) is 0 Å². The van der Waals surface area contributed by atoms with Gasteiger partial charge in [0.05, 0.1) is 5.69 Å². The fraction of sp³-hybridized carbons (Fsp3) is 0.600. The molecule has 19 heavy (non-hydrogen) atoms. The van der Waals surface area contributed by atoms with E-state index in [1.54, 1.807) is 0 Å². The second-order valence-electron chi connectivity index (χ2n) is 5.59. The Morgan fingerprint density at radius 1 is 1.42 bits per heavy atom. The van der Waals surface area contributed by atoms with E-state index < -0.39 is 0 Å². The largest absolute Gasteiger partial charge is 0.369 e. The van der Waals surface area contributed by atoms with Crippen molar-refractivity contribution < 1.29 is 0 Å². The quantitative estimate of drug-likeness (QED) is 0.907. The summed E-state index contributed by atoms with van der Waals surface area (Å²) in [6.07, 6.45) is 1.17. The minimum absolute atomic E-state index is 0.422. The molecular formula is C15H24BrN3. The molecule has 1 fully saturated rings. The number of rotatable bonds is 2. The predicted octanol–water partition coefficient (Wildman–Crippen LogP) is 2.62. The molecule has 1 aliphatic heterocycles. The van der Waals surface area contributed by atoms with Crippen LogP contribution in [0.3, 0.4) is 0 Å². The molecule has 2 unspecified atom stereocenters. The average molecular weight is 326 g/mol. The summed E-state index contributed by atoms with van der Waals surface area (Å²) in [6, 6.07) is 7.58. The van der Waals surface area contributed by atoms with Gasteiger partial charge in [0.2, 0.25) is 0 Å². The van der Waals surface area contributed by atoms with Crippen molar-refractivity contribution >= 4 is 21.6 Å². The summed E-state index contributed by atoms with van der Waals surface area (Å²) in [7, 11) is 2.19. The zero-order valence-corrected chi connectivity index (χ0v) is 13.7. The van der Waals surface area contributed by atoms with Crippen LogP contribution in [-0.2, 0) is 0 Å². The van der Waals surface area contributed by atoms with E-state index in [2.05, 4.69) is 64.8 Å². The number of nitrogens with zero attached hydrogens (tertiary/aromatic N) is 2. The summed E-state index contributed by atoms with van der Waals surface area (Å²) in [5, 5.41) is 0. The van der Waals surface area contributed by atoms with Gasteiger partial charge in [-0.2, -0.15) is 0 Å². The Bertz CT molecular complexity index is 435. The first-order valence-corrected chi connectivity index (χ1v) is 7.75. The molecule has 3 nitrogen and oxygen atoms in total. The van der Waals surface area contributed by atoms with Crippen molar-refractivity contribution in [2.24, 2.45) is 5.73 Å². The standard InChI is InChI=1S/C15H24BrN3/c1-11-4-5-15(14(16)8-11)19-7-6-12(2)18(3)13(9-17)10-19/h4-5,8,12-13H,6-7,9-10,17H2,1-3H3. The predicted molar refractivity (Wildman–Crippen MR) is 85.8 cm³/mol. The highest BCUT2D eigenvalue weighted by Gasteiger charge is 2.26. The lowest BCUT2D eigenvalue weighted by molar-refractivity contribution is 0.201. The molecule has 4 heteroatoms. The van der Waals surface area contributed by atoms with Gasteiger partial charge in [-0.3, -0.25) is 4.90 Å². The third kappa shape index (κ3) is 3.30. The van der Waals surface area contributed by atoms with Crippen LogP contribution >= 0.6 is 15.9 Å². The maximum Gasteiger partial charge on any atom is 0.0511 e. The Kier molecular flexibility index (Phi) is 4.87. The Labute approximate surface area is 124 Å². The van der Waals surface area contributed by atoms with Crippen LogP contribution in [0.5, 0.6) is 0 Å². The Morgan fingerprint density at radius 3 is 2.79 bits per heavy atom. The fourth-order valence-electron chi connectivity index (χ4n) is 2.71. The van der Waals surface area contributed by atoms with E-state index in [0.29, 0.717) is 18.6 Å². The number of anilines is 1. The molecule has 0 amide bonds. The smallest absolute Gasteiger partial charge is 0.0511 e. The van der Waals surface area contributed by atoms with E-state index in [-0.39, 0.29) is 0 Å².